The van der Waals surface area contributed by atoms with Crippen molar-refractivity contribution in [3.63, 3.8) is 0 Å². The third-order valence-electron chi connectivity index (χ3n) is 4.91. The van der Waals surface area contributed by atoms with Crippen LogP contribution in [-0.4, -0.2) is 32.1 Å². The monoisotopic (exact) mass is 435 g/mol. The van der Waals surface area contributed by atoms with Gasteiger partial charge in [-0.25, -0.2) is 5.43 Å². The number of nitrogens with one attached hydrogen (secondary N) is 1. The van der Waals surface area contributed by atoms with Crippen molar-refractivity contribution in [2.75, 3.05) is 5.75 Å². The molecule has 0 aliphatic heterocycles. The molecule has 3 aromatic rings. The molecule has 1 aromatic heterocycles. The fourth-order valence-electron chi connectivity index (χ4n) is 3.07. The fraction of sp³-hybridized carbons (Fsp3) is 0.333. The molecular formula is C24H29N5OS. The van der Waals surface area contributed by atoms with Gasteiger partial charge in [0, 0.05) is 12.1 Å². The van der Waals surface area contributed by atoms with Crippen LogP contribution in [0.4, 0.5) is 0 Å². The Balaban J connectivity index is 1.65. The number of hydrazone groups is 1. The molecule has 7 heteroatoms. The SMILES string of the molecule is CCn1c(SCC(=O)NN=C(C)c2ccccc2)nnc1-c1ccc(C(C)(C)C)cc1. The van der Waals surface area contributed by atoms with Crippen molar-refractivity contribution in [3.8, 4) is 11.4 Å². The van der Waals surface area contributed by atoms with Crippen molar-refractivity contribution in [2.24, 2.45) is 5.10 Å². The van der Waals surface area contributed by atoms with Gasteiger partial charge >= 0.3 is 0 Å². The van der Waals surface area contributed by atoms with Crippen LogP contribution in [0.15, 0.2) is 64.9 Å². The van der Waals surface area contributed by atoms with Crippen LogP contribution in [0.3, 0.4) is 0 Å². The molecule has 1 N–H and O–H groups in total. The molecule has 0 unspecified atom stereocenters. The highest BCUT2D eigenvalue weighted by Gasteiger charge is 2.17. The van der Waals surface area contributed by atoms with Gasteiger partial charge in [-0.1, -0.05) is 87.1 Å². The summed E-state index contributed by atoms with van der Waals surface area (Å²) in [6, 6.07) is 18.2. The van der Waals surface area contributed by atoms with Crippen molar-refractivity contribution in [1.82, 2.24) is 20.2 Å². The molecule has 0 saturated carbocycles. The Labute approximate surface area is 188 Å². The molecule has 0 aliphatic rings. The van der Waals surface area contributed by atoms with Crippen molar-refractivity contribution in [2.45, 2.75) is 51.7 Å². The number of carbonyl (C=O) groups excluding carboxylic acids is 1. The van der Waals surface area contributed by atoms with E-state index in [2.05, 4.69) is 65.8 Å². The van der Waals surface area contributed by atoms with Gasteiger partial charge in [0.1, 0.15) is 0 Å². The number of aromatic nitrogens is 3. The molecule has 31 heavy (non-hydrogen) atoms. The number of thioether (sulfide) groups is 1. The van der Waals surface area contributed by atoms with Crippen LogP contribution >= 0.6 is 11.8 Å². The van der Waals surface area contributed by atoms with E-state index >= 15 is 0 Å². The van der Waals surface area contributed by atoms with E-state index in [0.29, 0.717) is 0 Å². The maximum atomic E-state index is 12.3. The number of hydrogen-bond donors (Lipinski definition) is 1. The molecule has 0 atom stereocenters. The van der Waals surface area contributed by atoms with Crippen molar-refractivity contribution in [3.05, 3.63) is 65.7 Å². The summed E-state index contributed by atoms with van der Waals surface area (Å²) in [6.45, 7) is 11.2. The molecule has 2 aromatic carbocycles. The summed E-state index contributed by atoms with van der Waals surface area (Å²) in [5, 5.41) is 13.6. The summed E-state index contributed by atoms with van der Waals surface area (Å²) in [6.07, 6.45) is 0. The number of carbonyl (C=O) groups is 1. The molecule has 0 saturated heterocycles. The Bertz CT molecular complexity index is 1050. The van der Waals surface area contributed by atoms with Gasteiger partial charge in [-0.2, -0.15) is 5.10 Å². The molecule has 0 bridgehead atoms. The Morgan fingerprint density at radius 3 is 2.35 bits per heavy atom. The molecule has 0 aliphatic carbocycles. The van der Waals surface area contributed by atoms with Crippen molar-refractivity contribution < 1.29 is 4.79 Å². The Morgan fingerprint density at radius 2 is 1.74 bits per heavy atom. The smallest absolute Gasteiger partial charge is 0.250 e. The largest absolute Gasteiger partial charge is 0.302 e. The zero-order valence-electron chi connectivity index (χ0n) is 18.7. The lowest BCUT2D eigenvalue weighted by molar-refractivity contribution is -0.118. The van der Waals surface area contributed by atoms with Gasteiger partial charge in [-0.3, -0.25) is 4.79 Å². The molecule has 0 radical (unpaired) electrons. The van der Waals surface area contributed by atoms with E-state index in [1.807, 2.05) is 48.7 Å². The second-order valence-corrected chi connectivity index (χ2v) is 9.21. The first-order chi connectivity index (χ1) is 14.8. The lowest BCUT2D eigenvalue weighted by Gasteiger charge is -2.19. The van der Waals surface area contributed by atoms with Gasteiger partial charge < -0.3 is 4.57 Å². The van der Waals surface area contributed by atoms with Crippen LogP contribution in [0.2, 0.25) is 0 Å². The zero-order chi connectivity index (χ0) is 22.4. The highest BCUT2D eigenvalue weighted by molar-refractivity contribution is 7.99. The van der Waals surface area contributed by atoms with E-state index in [1.54, 1.807) is 0 Å². The third kappa shape index (κ3) is 5.82. The predicted octanol–water partition coefficient (Wildman–Crippen LogP) is 4.90. The normalized spacial score (nSPS) is 12.1. The van der Waals surface area contributed by atoms with Gasteiger partial charge in [-0.05, 0) is 30.4 Å². The van der Waals surface area contributed by atoms with Gasteiger partial charge in [0.2, 0.25) is 0 Å². The Hall–Kier alpha value is -2.93. The minimum absolute atomic E-state index is 0.104. The van der Waals surface area contributed by atoms with E-state index in [-0.39, 0.29) is 17.1 Å². The second kappa shape index (κ2) is 9.92. The molecule has 3 rings (SSSR count). The van der Waals surface area contributed by atoms with Crippen molar-refractivity contribution >= 4 is 23.4 Å². The number of hydrogen-bond acceptors (Lipinski definition) is 5. The van der Waals surface area contributed by atoms with Crippen LogP contribution in [0.1, 0.15) is 45.7 Å². The molecule has 1 amide bonds. The Kier molecular flexibility index (Phi) is 7.28. The summed E-state index contributed by atoms with van der Waals surface area (Å²) in [7, 11) is 0. The lowest BCUT2D eigenvalue weighted by atomic mass is 9.87. The fourth-order valence-corrected chi connectivity index (χ4v) is 3.86. The zero-order valence-corrected chi connectivity index (χ0v) is 19.5. The molecular weight excluding hydrogens is 406 g/mol. The number of nitrogens with zero attached hydrogens (tertiary/aromatic N) is 4. The topological polar surface area (TPSA) is 72.2 Å². The first-order valence-corrected chi connectivity index (χ1v) is 11.3. The van der Waals surface area contributed by atoms with E-state index < -0.39 is 0 Å². The van der Waals surface area contributed by atoms with Gasteiger partial charge in [0.05, 0.1) is 11.5 Å². The summed E-state index contributed by atoms with van der Waals surface area (Å²) in [4.78, 5) is 12.3. The first kappa shape index (κ1) is 22.7. The molecule has 0 spiro atoms. The minimum Gasteiger partial charge on any atom is -0.302 e. The number of amides is 1. The minimum atomic E-state index is -0.179. The first-order valence-electron chi connectivity index (χ1n) is 10.3. The summed E-state index contributed by atoms with van der Waals surface area (Å²) < 4.78 is 2.03. The van der Waals surface area contributed by atoms with Gasteiger partial charge in [-0.15, -0.1) is 10.2 Å². The average molecular weight is 436 g/mol. The van der Waals surface area contributed by atoms with Crippen LogP contribution in [0, 0.1) is 0 Å². The summed E-state index contributed by atoms with van der Waals surface area (Å²) >= 11 is 1.36. The van der Waals surface area contributed by atoms with E-state index in [0.717, 1.165) is 34.4 Å². The maximum Gasteiger partial charge on any atom is 0.250 e. The van der Waals surface area contributed by atoms with Gasteiger partial charge in [0.15, 0.2) is 11.0 Å². The number of rotatable bonds is 7. The summed E-state index contributed by atoms with van der Waals surface area (Å²) in [5.74, 6) is 0.845. The Morgan fingerprint density at radius 1 is 1.06 bits per heavy atom. The van der Waals surface area contributed by atoms with E-state index in [1.165, 1.54) is 17.3 Å². The van der Waals surface area contributed by atoms with Gasteiger partial charge in [0.25, 0.3) is 5.91 Å². The van der Waals surface area contributed by atoms with Crippen LogP contribution in [0.5, 0.6) is 0 Å². The van der Waals surface area contributed by atoms with Crippen molar-refractivity contribution in [1.29, 1.82) is 0 Å². The molecule has 162 valence electrons. The highest BCUT2D eigenvalue weighted by atomic mass is 32.2. The van der Waals surface area contributed by atoms with Crippen LogP contribution < -0.4 is 5.43 Å². The maximum absolute atomic E-state index is 12.3. The third-order valence-corrected chi connectivity index (χ3v) is 5.88. The average Bonchev–Trinajstić information content (AvgIpc) is 3.19. The van der Waals surface area contributed by atoms with Crippen LogP contribution in [0.25, 0.3) is 11.4 Å². The standard InChI is InChI=1S/C24H29N5OS/c1-6-29-22(19-12-14-20(15-13-19)24(3,4)5)27-28-23(29)31-16-21(30)26-25-17(2)18-10-8-7-9-11-18/h7-15H,6,16H2,1-5H3,(H,26,30). The molecule has 6 nitrogen and oxygen atoms in total. The van der Waals surface area contributed by atoms with E-state index in [4.69, 9.17) is 0 Å². The van der Waals surface area contributed by atoms with Crippen LogP contribution in [-0.2, 0) is 16.8 Å². The quantitative estimate of drug-likeness (QED) is 0.326. The molecule has 0 fully saturated rings. The molecule has 1 heterocycles. The second-order valence-electron chi connectivity index (χ2n) is 8.26. The predicted molar refractivity (Wildman–Crippen MR) is 127 cm³/mol. The highest BCUT2D eigenvalue weighted by Crippen LogP contribution is 2.27. The lowest BCUT2D eigenvalue weighted by Crippen LogP contribution is -2.21. The summed E-state index contributed by atoms with van der Waals surface area (Å²) in [5.41, 5.74) is 6.75. The number of benzene rings is 2. The van der Waals surface area contributed by atoms with E-state index in [9.17, 15) is 4.79 Å².